The van der Waals surface area contributed by atoms with Crippen LogP contribution in [-0.4, -0.2) is 36.0 Å². The van der Waals surface area contributed by atoms with Crippen LogP contribution < -0.4 is 10.1 Å². The molecule has 2 atom stereocenters. The molecular weight excluding hydrogens is 286 g/mol. The van der Waals surface area contributed by atoms with Gasteiger partial charge in [-0.15, -0.1) is 0 Å². The first-order chi connectivity index (χ1) is 10.1. The lowest BCUT2D eigenvalue weighted by Crippen LogP contribution is -2.33. The maximum atomic E-state index is 9.89. The zero-order chi connectivity index (χ0) is 15.1. The average molecular weight is 307 g/mol. The summed E-state index contributed by atoms with van der Waals surface area (Å²) in [5.74, 6) is 0.748. The van der Waals surface area contributed by atoms with E-state index in [0.29, 0.717) is 13.1 Å². The number of rotatable bonds is 8. The number of nitrogens with one attached hydrogen (secondary N) is 1. The standard InChI is InChI=1S/C16H21NO3S/c1-12-2-4-15(5-3-12)20-10-14(18)8-17-9-16(19)13-6-7-21-11-13/h2-7,11,14,16-19H,8-10H2,1H3. The summed E-state index contributed by atoms with van der Waals surface area (Å²) in [6.45, 7) is 3.04. The van der Waals surface area contributed by atoms with Gasteiger partial charge < -0.3 is 20.3 Å². The van der Waals surface area contributed by atoms with Gasteiger partial charge >= 0.3 is 0 Å². The van der Waals surface area contributed by atoms with Crippen molar-refractivity contribution in [2.45, 2.75) is 19.1 Å². The van der Waals surface area contributed by atoms with Crippen LogP contribution >= 0.6 is 11.3 Å². The molecule has 2 unspecified atom stereocenters. The molecule has 0 bridgehead atoms. The molecular formula is C16H21NO3S. The topological polar surface area (TPSA) is 61.7 Å². The fourth-order valence-electron chi connectivity index (χ4n) is 1.85. The third kappa shape index (κ3) is 5.47. The second-order valence-electron chi connectivity index (χ2n) is 5.01. The summed E-state index contributed by atoms with van der Waals surface area (Å²) in [4.78, 5) is 0. The molecule has 1 aromatic heterocycles. The highest BCUT2D eigenvalue weighted by molar-refractivity contribution is 7.07. The van der Waals surface area contributed by atoms with Gasteiger partial charge in [-0.25, -0.2) is 0 Å². The maximum absolute atomic E-state index is 9.89. The highest BCUT2D eigenvalue weighted by atomic mass is 32.1. The number of aliphatic hydroxyl groups excluding tert-OH is 2. The first-order valence-corrected chi connectivity index (χ1v) is 7.88. The fourth-order valence-corrected chi connectivity index (χ4v) is 2.56. The van der Waals surface area contributed by atoms with E-state index in [9.17, 15) is 10.2 Å². The molecule has 1 heterocycles. The zero-order valence-electron chi connectivity index (χ0n) is 12.0. The van der Waals surface area contributed by atoms with E-state index < -0.39 is 12.2 Å². The van der Waals surface area contributed by atoms with E-state index in [1.807, 2.05) is 48.0 Å². The van der Waals surface area contributed by atoms with Crippen LogP contribution in [0.1, 0.15) is 17.2 Å². The summed E-state index contributed by atoms with van der Waals surface area (Å²) in [7, 11) is 0. The van der Waals surface area contributed by atoms with Gasteiger partial charge in [0.2, 0.25) is 0 Å². The molecule has 0 aliphatic heterocycles. The highest BCUT2D eigenvalue weighted by Gasteiger charge is 2.09. The van der Waals surface area contributed by atoms with E-state index in [1.165, 1.54) is 5.56 Å². The molecule has 4 nitrogen and oxygen atoms in total. The van der Waals surface area contributed by atoms with Crippen LogP contribution in [0.5, 0.6) is 5.75 Å². The molecule has 3 N–H and O–H groups in total. The average Bonchev–Trinajstić information content (AvgIpc) is 3.01. The van der Waals surface area contributed by atoms with E-state index in [0.717, 1.165) is 11.3 Å². The number of ether oxygens (including phenoxy) is 1. The molecule has 2 aromatic rings. The molecule has 114 valence electrons. The Morgan fingerprint density at radius 2 is 1.90 bits per heavy atom. The quantitative estimate of drug-likeness (QED) is 0.699. The van der Waals surface area contributed by atoms with Crippen LogP contribution in [0.25, 0.3) is 0 Å². The van der Waals surface area contributed by atoms with Crippen molar-refractivity contribution in [3.63, 3.8) is 0 Å². The second-order valence-corrected chi connectivity index (χ2v) is 5.79. The van der Waals surface area contributed by atoms with E-state index in [-0.39, 0.29) is 6.61 Å². The molecule has 1 aromatic carbocycles. The Labute approximate surface area is 129 Å². The third-order valence-electron chi connectivity index (χ3n) is 3.11. The third-order valence-corrected chi connectivity index (χ3v) is 3.81. The first kappa shape index (κ1) is 16.0. The summed E-state index contributed by atoms with van der Waals surface area (Å²) in [6.07, 6.45) is -1.15. The Kier molecular flexibility index (Phi) is 6.20. The second kappa shape index (κ2) is 8.14. The first-order valence-electron chi connectivity index (χ1n) is 6.93. The Bertz CT molecular complexity index is 513. The van der Waals surface area contributed by atoms with Crippen molar-refractivity contribution in [3.05, 3.63) is 52.2 Å². The van der Waals surface area contributed by atoms with Crippen molar-refractivity contribution in [3.8, 4) is 5.75 Å². The van der Waals surface area contributed by atoms with E-state index >= 15 is 0 Å². The zero-order valence-corrected chi connectivity index (χ0v) is 12.8. The Morgan fingerprint density at radius 1 is 1.14 bits per heavy atom. The van der Waals surface area contributed by atoms with E-state index in [1.54, 1.807) is 11.3 Å². The molecule has 0 amide bonds. The van der Waals surface area contributed by atoms with Crippen LogP contribution in [0.3, 0.4) is 0 Å². The van der Waals surface area contributed by atoms with E-state index in [4.69, 9.17) is 4.74 Å². The summed E-state index contributed by atoms with van der Waals surface area (Å²) >= 11 is 1.56. The van der Waals surface area contributed by atoms with Crippen LogP contribution in [0, 0.1) is 6.92 Å². The van der Waals surface area contributed by atoms with Crippen LogP contribution in [0.4, 0.5) is 0 Å². The van der Waals surface area contributed by atoms with Crippen molar-refractivity contribution in [2.75, 3.05) is 19.7 Å². The minimum Gasteiger partial charge on any atom is -0.491 e. The van der Waals surface area contributed by atoms with Gasteiger partial charge in [0, 0.05) is 13.1 Å². The van der Waals surface area contributed by atoms with Crippen LogP contribution in [0.2, 0.25) is 0 Å². The van der Waals surface area contributed by atoms with Gasteiger partial charge in [-0.2, -0.15) is 11.3 Å². The smallest absolute Gasteiger partial charge is 0.119 e. The lowest BCUT2D eigenvalue weighted by atomic mass is 10.2. The largest absolute Gasteiger partial charge is 0.491 e. The monoisotopic (exact) mass is 307 g/mol. The fraction of sp³-hybridized carbons (Fsp3) is 0.375. The Morgan fingerprint density at radius 3 is 2.57 bits per heavy atom. The molecule has 0 saturated carbocycles. The minimum atomic E-state index is -0.610. The number of aliphatic hydroxyl groups is 2. The highest BCUT2D eigenvalue weighted by Crippen LogP contribution is 2.15. The number of aryl methyl sites for hydroxylation is 1. The van der Waals surface area contributed by atoms with Crippen molar-refractivity contribution >= 4 is 11.3 Å². The molecule has 21 heavy (non-hydrogen) atoms. The summed E-state index contributed by atoms with van der Waals surface area (Å²) in [6, 6.07) is 9.61. The minimum absolute atomic E-state index is 0.227. The van der Waals surface area contributed by atoms with Gasteiger partial charge in [0.05, 0.1) is 6.10 Å². The molecule has 0 spiro atoms. The number of benzene rings is 1. The van der Waals surface area contributed by atoms with Crippen molar-refractivity contribution < 1.29 is 14.9 Å². The molecule has 0 aliphatic carbocycles. The summed E-state index contributed by atoms with van der Waals surface area (Å²) in [5.41, 5.74) is 2.07. The molecule has 0 radical (unpaired) electrons. The van der Waals surface area contributed by atoms with Gasteiger partial charge in [0.15, 0.2) is 0 Å². The summed E-state index contributed by atoms with van der Waals surface area (Å²) < 4.78 is 5.50. The van der Waals surface area contributed by atoms with Gasteiger partial charge in [-0.05, 0) is 41.4 Å². The van der Waals surface area contributed by atoms with Crippen LogP contribution in [-0.2, 0) is 0 Å². The van der Waals surface area contributed by atoms with Gasteiger partial charge in [0.1, 0.15) is 18.5 Å². The maximum Gasteiger partial charge on any atom is 0.119 e. The number of thiophene rings is 1. The molecule has 0 saturated heterocycles. The van der Waals surface area contributed by atoms with Crippen LogP contribution in [0.15, 0.2) is 41.1 Å². The summed E-state index contributed by atoms with van der Waals surface area (Å²) in [5, 5.41) is 26.6. The van der Waals surface area contributed by atoms with Crippen molar-refractivity contribution in [1.29, 1.82) is 0 Å². The van der Waals surface area contributed by atoms with Gasteiger partial charge in [-0.1, -0.05) is 17.7 Å². The van der Waals surface area contributed by atoms with Crippen molar-refractivity contribution in [2.24, 2.45) is 0 Å². The van der Waals surface area contributed by atoms with Crippen molar-refractivity contribution in [1.82, 2.24) is 5.32 Å². The van der Waals surface area contributed by atoms with Gasteiger partial charge in [0.25, 0.3) is 0 Å². The van der Waals surface area contributed by atoms with E-state index in [2.05, 4.69) is 5.32 Å². The SMILES string of the molecule is Cc1ccc(OCC(O)CNCC(O)c2ccsc2)cc1. The Balaban J connectivity index is 1.63. The lowest BCUT2D eigenvalue weighted by molar-refractivity contribution is 0.0996. The normalized spacial score (nSPS) is 13.9. The molecule has 0 aliphatic rings. The molecule has 0 fully saturated rings. The van der Waals surface area contributed by atoms with Gasteiger partial charge in [-0.3, -0.25) is 0 Å². The predicted octanol–water partition coefficient (Wildman–Crippen LogP) is 2.12. The predicted molar refractivity (Wildman–Crippen MR) is 84.8 cm³/mol. The lowest BCUT2D eigenvalue weighted by Gasteiger charge is -2.15. The molecule has 5 heteroatoms. The molecule has 2 rings (SSSR count). The number of hydrogen-bond donors (Lipinski definition) is 3. The number of hydrogen-bond acceptors (Lipinski definition) is 5. The Hall–Kier alpha value is -1.40.